The van der Waals surface area contributed by atoms with Gasteiger partial charge in [-0.1, -0.05) is 23.7 Å². The molecule has 33 heavy (non-hydrogen) atoms. The summed E-state index contributed by atoms with van der Waals surface area (Å²) in [5.74, 6) is -1.50. The van der Waals surface area contributed by atoms with Crippen molar-refractivity contribution in [1.29, 1.82) is 0 Å². The number of anilines is 1. The van der Waals surface area contributed by atoms with E-state index >= 15 is 0 Å². The van der Waals surface area contributed by atoms with Crippen molar-refractivity contribution < 1.29 is 27.7 Å². The molecule has 0 bridgehead atoms. The molecule has 1 saturated heterocycles. The first kappa shape index (κ1) is 24.4. The number of halogens is 1. The predicted octanol–water partition coefficient (Wildman–Crippen LogP) is 3.23. The second-order valence-corrected chi connectivity index (χ2v) is 9.44. The van der Waals surface area contributed by atoms with Crippen LogP contribution in [-0.2, 0) is 24.3 Å². The molecule has 1 amide bonds. The quantitative estimate of drug-likeness (QED) is 0.258. The second kappa shape index (κ2) is 10.6. The summed E-state index contributed by atoms with van der Waals surface area (Å²) in [6.07, 6.45) is 3.93. The highest BCUT2D eigenvalue weighted by molar-refractivity contribution is 7.89. The van der Waals surface area contributed by atoms with Gasteiger partial charge in [-0.05, 0) is 48.7 Å². The van der Waals surface area contributed by atoms with E-state index in [0.29, 0.717) is 18.7 Å². The lowest BCUT2D eigenvalue weighted by Gasteiger charge is -2.16. The molecule has 1 aliphatic rings. The maximum absolute atomic E-state index is 12.6. The Labute approximate surface area is 195 Å². The molecule has 0 spiro atoms. The standard InChI is InChI=1S/C21H20ClN3O7S/c22-18-8-6-15(12-19(18)25(28)29)7-9-21(27)32-14-20(26)23-16-4-3-5-17(13-16)33(30,31)24-10-1-2-11-24/h3-9,12-13H,1-2,10-11,14H2,(H,23,26)/b9-7+. The molecule has 1 aliphatic heterocycles. The third-order valence-electron chi connectivity index (χ3n) is 4.74. The predicted molar refractivity (Wildman–Crippen MR) is 121 cm³/mol. The molecule has 10 nitrogen and oxygen atoms in total. The zero-order valence-corrected chi connectivity index (χ0v) is 18.8. The molecule has 1 heterocycles. The first-order chi connectivity index (χ1) is 15.7. The number of esters is 1. The van der Waals surface area contributed by atoms with Crippen molar-refractivity contribution in [1.82, 2.24) is 4.31 Å². The molecule has 1 fully saturated rings. The molecular formula is C21H20ClN3O7S. The zero-order valence-electron chi connectivity index (χ0n) is 17.3. The number of amides is 1. The minimum Gasteiger partial charge on any atom is -0.452 e. The number of nitrogens with one attached hydrogen (secondary N) is 1. The molecule has 0 atom stereocenters. The van der Waals surface area contributed by atoms with Gasteiger partial charge in [0.25, 0.3) is 11.6 Å². The summed E-state index contributed by atoms with van der Waals surface area (Å²) in [6.45, 7) is 0.324. The van der Waals surface area contributed by atoms with Crippen LogP contribution in [-0.4, -0.2) is 49.2 Å². The van der Waals surface area contributed by atoms with E-state index in [0.717, 1.165) is 18.9 Å². The highest BCUT2D eigenvalue weighted by Gasteiger charge is 2.27. The fourth-order valence-corrected chi connectivity index (χ4v) is 4.88. The average molecular weight is 494 g/mol. The molecule has 2 aromatic carbocycles. The van der Waals surface area contributed by atoms with Gasteiger partial charge in [0.05, 0.1) is 9.82 Å². The number of nitro benzene ring substituents is 1. The van der Waals surface area contributed by atoms with Gasteiger partial charge >= 0.3 is 5.97 Å². The number of ether oxygens (including phenoxy) is 1. The Balaban J connectivity index is 1.55. The lowest BCUT2D eigenvalue weighted by atomic mass is 10.2. The number of carbonyl (C=O) groups is 2. The van der Waals surface area contributed by atoms with Crippen LogP contribution in [0.4, 0.5) is 11.4 Å². The Morgan fingerprint density at radius 1 is 1.18 bits per heavy atom. The van der Waals surface area contributed by atoms with Crippen LogP contribution < -0.4 is 5.32 Å². The summed E-state index contributed by atoms with van der Waals surface area (Å²) in [4.78, 5) is 34.3. The van der Waals surface area contributed by atoms with E-state index < -0.39 is 33.4 Å². The van der Waals surface area contributed by atoms with Gasteiger partial charge in [0.15, 0.2) is 6.61 Å². The van der Waals surface area contributed by atoms with E-state index in [1.807, 2.05) is 0 Å². The van der Waals surface area contributed by atoms with Gasteiger partial charge in [-0.25, -0.2) is 13.2 Å². The van der Waals surface area contributed by atoms with Gasteiger partial charge in [0.1, 0.15) is 5.02 Å². The topological polar surface area (TPSA) is 136 Å². The van der Waals surface area contributed by atoms with E-state index in [-0.39, 0.29) is 21.3 Å². The average Bonchev–Trinajstić information content (AvgIpc) is 3.33. The summed E-state index contributed by atoms with van der Waals surface area (Å²) < 4.78 is 31.5. The van der Waals surface area contributed by atoms with Crippen LogP contribution in [0.2, 0.25) is 5.02 Å². The maximum atomic E-state index is 12.6. The Morgan fingerprint density at radius 2 is 1.91 bits per heavy atom. The SMILES string of the molecule is O=C(COC(=O)/C=C/c1ccc(Cl)c([N+](=O)[O-])c1)Nc1cccc(S(=O)(=O)N2CCCC2)c1. The van der Waals surface area contributed by atoms with Crippen LogP contribution in [0.3, 0.4) is 0 Å². The third-order valence-corrected chi connectivity index (χ3v) is 6.96. The van der Waals surface area contributed by atoms with Crippen molar-refractivity contribution in [3.63, 3.8) is 0 Å². The normalized spacial score (nSPS) is 14.3. The van der Waals surface area contributed by atoms with E-state index in [4.69, 9.17) is 16.3 Å². The smallest absolute Gasteiger partial charge is 0.331 e. The summed E-state index contributed by atoms with van der Waals surface area (Å²) in [7, 11) is -3.63. The molecule has 0 radical (unpaired) electrons. The van der Waals surface area contributed by atoms with Gasteiger partial charge in [0.2, 0.25) is 10.0 Å². The van der Waals surface area contributed by atoms with Crippen LogP contribution in [0.5, 0.6) is 0 Å². The highest BCUT2D eigenvalue weighted by atomic mass is 35.5. The molecule has 0 aromatic heterocycles. The lowest BCUT2D eigenvalue weighted by molar-refractivity contribution is -0.384. The molecule has 1 N–H and O–H groups in total. The van der Waals surface area contributed by atoms with E-state index in [9.17, 15) is 28.1 Å². The Hall–Kier alpha value is -3.28. The Bertz CT molecular complexity index is 1210. The summed E-state index contributed by atoms with van der Waals surface area (Å²) >= 11 is 5.74. The molecule has 12 heteroatoms. The number of nitrogens with zero attached hydrogens (tertiary/aromatic N) is 2. The molecule has 3 rings (SSSR count). The number of nitro groups is 1. The molecule has 0 saturated carbocycles. The van der Waals surface area contributed by atoms with Crippen molar-refractivity contribution in [3.8, 4) is 0 Å². The van der Waals surface area contributed by atoms with E-state index in [1.54, 1.807) is 0 Å². The summed E-state index contributed by atoms with van der Waals surface area (Å²) in [6, 6.07) is 9.85. The summed E-state index contributed by atoms with van der Waals surface area (Å²) in [5.41, 5.74) is 0.296. The Morgan fingerprint density at radius 3 is 2.61 bits per heavy atom. The van der Waals surface area contributed by atoms with Gasteiger partial charge in [-0.2, -0.15) is 4.31 Å². The molecule has 0 aliphatic carbocycles. The largest absolute Gasteiger partial charge is 0.452 e. The summed E-state index contributed by atoms with van der Waals surface area (Å²) in [5, 5.41) is 13.4. The fraction of sp³-hybridized carbons (Fsp3) is 0.238. The van der Waals surface area contributed by atoms with Crippen LogP contribution >= 0.6 is 11.6 Å². The van der Waals surface area contributed by atoms with Crippen molar-refractivity contribution in [2.45, 2.75) is 17.7 Å². The van der Waals surface area contributed by atoms with E-state index in [2.05, 4.69) is 5.32 Å². The minimum atomic E-state index is -3.63. The van der Waals surface area contributed by atoms with Crippen molar-refractivity contribution in [2.75, 3.05) is 25.0 Å². The first-order valence-corrected chi connectivity index (χ1v) is 11.7. The molecule has 2 aromatic rings. The molecule has 0 unspecified atom stereocenters. The van der Waals surface area contributed by atoms with Gasteiger partial charge in [-0.3, -0.25) is 14.9 Å². The molecule has 174 valence electrons. The van der Waals surface area contributed by atoms with Crippen LogP contribution in [0.25, 0.3) is 6.08 Å². The van der Waals surface area contributed by atoms with E-state index in [1.165, 1.54) is 52.8 Å². The van der Waals surface area contributed by atoms with Crippen LogP contribution in [0.1, 0.15) is 18.4 Å². The van der Waals surface area contributed by atoms with Gasteiger partial charge in [0, 0.05) is 30.9 Å². The zero-order chi connectivity index (χ0) is 24.0. The third kappa shape index (κ3) is 6.37. The minimum absolute atomic E-state index is 0.0336. The van der Waals surface area contributed by atoms with Crippen molar-refractivity contribution >= 4 is 51.0 Å². The highest BCUT2D eigenvalue weighted by Crippen LogP contribution is 2.26. The number of carbonyl (C=O) groups excluding carboxylic acids is 2. The fourth-order valence-electron chi connectivity index (χ4n) is 3.13. The molecular weight excluding hydrogens is 474 g/mol. The van der Waals surface area contributed by atoms with Gasteiger partial charge in [-0.15, -0.1) is 0 Å². The Kier molecular flexibility index (Phi) is 7.79. The van der Waals surface area contributed by atoms with Crippen LogP contribution in [0.15, 0.2) is 53.4 Å². The number of rotatable bonds is 8. The van der Waals surface area contributed by atoms with Gasteiger partial charge < -0.3 is 10.1 Å². The second-order valence-electron chi connectivity index (χ2n) is 7.10. The maximum Gasteiger partial charge on any atom is 0.331 e. The number of sulfonamides is 1. The first-order valence-electron chi connectivity index (χ1n) is 9.85. The van der Waals surface area contributed by atoms with Crippen molar-refractivity contribution in [3.05, 3.63) is 69.2 Å². The lowest BCUT2D eigenvalue weighted by Crippen LogP contribution is -2.28. The number of hydrogen-bond acceptors (Lipinski definition) is 7. The number of hydrogen-bond donors (Lipinski definition) is 1. The van der Waals surface area contributed by atoms with Crippen molar-refractivity contribution in [2.24, 2.45) is 0 Å². The monoisotopic (exact) mass is 493 g/mol. The number of benzene rings is 2. The van der Waals surface area contributed by atoms with Crippen LogP contribution in [0, 0.1) is 10.1 Å².